The van der Waals surface area contributed by atoms with Crippen LogP contribution in [0.1, 0.15) is 36.3 Å². The molecule has 5 rings (SSSR count). The Balaban J connectivity index is 1.31. The molecule has 154 valence electrons. The Hall–Kier alpha value is -2.50. The first kappa shape index (κ1) is 19.5. The van der Waals surface area contributed by atoms with E-state index in [0.29, 0.717) is 12.5 Å². The molecule has 0 spiro atoms. The molecule has 0 radical (unpaired) electrons. The largest absolute Gasteiger partial charge is 0.325 e. The van der Waals surface area contributed by atoms with Crippen molar-refractivity contribution in [3.05, 3.63) is 70.5 Å². The molecule has 2 aliphatic rings. The van der Waals surface area contributed by atoms with Crippen LogP contribution in [0.3, 0.4) is 0 Å². The standard InChI is InChI=1S/C25H27N3OS/c1-18-26-23(17-30-18)19-8-7-12-22(14-19)27-24(29)16-28-15-21-11-5-6-13-25(21,28)20-9-3-2-4-10-20/h2-4,7-10,12,14,17,21H,5-6,11,13,15-16H2,1H3,(H,27,29). The Morgan fingerprint density at radius 3 is 2.83 bits per heavy atom. The number of hydrogen-bond donors (Lipinski definition) is 1. The molecule has 2 aromatic carbocycles. The van der Waals surface area contributed by atoms with Gasteiger partial charge in [-0.2, -0.15) is 0 Å². The zero-order valence-electron chi connectivity index (χ0n) is 17.3. The summed E-state index contributed by atoms with van der Waals surface area (Å²) in [5.41, 5.74) is 4.24. The number of anilines is 1. The summed E-state index contributed by atoms with van der Waals surface area (Å²) < 4.78 is 0. The molecule has 30 heavy (non-hydrogen) atoms. The second-order valence-electron chi connectivity index (χ2n) is 8.49. The van der Waals surface area contributed by atoms with Crippen LogP contribution in [0.4, 0.5) is 5.69 Å². The van der Waals surface area contributed by atoms with Crippen LogP contribution in [0, 0.1) is 12.8 Å². The van der Waals surface area contributed by atoms with Crippen molar-refractivity contribution in [1.82, 2.24) is 9.88 Å². The fraction of sp³-hybridized carbons (Fsp3) is 0.360. The first-order chi connectivity index (χ1) is 14.6. The lowest BCUT2D eigenvalue weighted by Crippen LogP contribution is -2.67. The molecule has 2 heterocycles. The highest BCUT2D eigenvalue weighted by Crippen LogP contribution is 2.53. The maximum absolute atomic E-state index is 12.9. The first-order valence-corrected chi connectivity index (χ1v) is 11.7. The maximum atomic E-state index is 12.9. The molecular formula is C25H27N3OS. The topological polar surface area (TPSA) is 45.2 Å². The normalized spacial score (nSPS) is 23.4. The Bertz CT molecular complexity index is 1050. The molecule has 1 amide bonds. The summed E-state index contributed by atoms with van der Waals surface area (Å²) >= 11 is 1.64. The van der Waals surface area contributed by atoms with Crippen LogP contribution >= 0.6 is 11.3 Å². The fourth-order valence-corrected chi connectivity index (χ4v) is 5.95. The lowest BCUT2D eigenvalue weighted by Gasteiger charge is -2.61. The monoisotopic (exact) mass is 417 g/mol. The quantitative estimate of drug-likeness (QED) is 0.600. The summed E-state index contributed by atoms with van der Waals surface area (Å²) in [6.07, 6.45) is 4.95. The van der Waals surface area contributed by atoms with Gasteiger partial charge >= 0.3 is 0 Å². The van der Waals surface area contributed by atoms with Gasteiger partial charge in [0.15, 0.2) is 0 Å². The van der Waals surface area contributed by atoms with Crippen LogP contribution in [0.2, 0.25) is 0 Å². The van der Waals surface area contributed by atoms with E-state index in [1.54, 1.807) is 11.3 Å². The number of thiazole rings is 1. The van der Waals surface area contributed by atoms with Crippen molar-refractivity contribution in [2.75, 3.05) is 18.4 Å². The number of nitrogens with zero attached hydrogens (tertiary/aromatic N) is 2. The van der Waals surface area contributed by atoms with Crippen LogP contribution in [0.25, 0.3) is 11.3 Å². The van der Waals surface area contributed by atoms with Gasteiger partial charge in [-0.05, 0) is 43.4 Å². The minimum atomic E-state index is 0.0385. The average Bonchev–Trinajstić information content (AvgIpc) is 3.19. The molecule has 3 aromatic rings. The number of nitrogens with one attached hydrogen (secondary N) is 1. The smallest absolute Gasteiger partial charge is 0.238 e. The lowest BCUT2D eigenvalue weighted by atomic mass is 9.62. The second kappa shape index (κ2) is 7.97. The Labute approximate surface area is 182 Å². The van der Waals surface area contributed by atoms with Crippen molar-refractivity contribution >= 4 is 22.9 Å². The van der Waals surface area contributed by atoms with Crippen molar-refractivity contribution in [3.8, 4) is 11.3 Å². The minimum absolute atomic E-state index is 0.0385. The molecular weight excluding hydrogens is 390 g/mol. The van der Waals surface area contributed by atoms with Gasteiger partial charge in [0.2, 0.25) is 5.91 Å². The number of carbonyl (C=O) groups excluding carboxylic acids is 1. The highest BCUT2D eigenvalue weighted by Gasteiger charge is 2.55. The predicted molar refractivity (Wildman–Crippen MR) is 123 cm³/mol. The molecule has 2 unspecified atom stereocenters. The van der Waals surface area contributed by atoms with Gasteiger partial charge in [-0.1, -0.05) is 55.3 Å². The number of aromatic nitrogens is 1. The number of rotatable bonds is 5. The highest BCUT2D eigenvalue weighted by atomic mass is 32.1. The minimum Gasteiger partial charge on any atom is -0.325 e. The molecule has 1 aliphatic carbocycles. The summed E-state index contributed by atoms with van der Waals surface area (Å²) in [5.74, 6) is 0.721. The van der Waals surface area contributed by atoms with Crippen LogP contribution in [0.5, 0.6) is 0 Å². The third-order valence-corrected chi connectivity index (χ3v) is 7.48. The van der Waals surface area contributed by atoms with Gasteiger partial charge in [-0.25, -0.2) is 4.98 Å². The van der Waals surface area contributed by atoms with Gasteiger partial charge < -0.3 is 5.32 Å². The van der Waals surface area contributed by atoms with E-state index in [1.165, 1.54) is 24.8 Å². The molecule has 1 aliphatic heterocycles. The van der Waals surface area contributed by atoms with E-state index in [2.05, 4.69) is 50.9 Å². The summed E-state index contributed by atoms with van der Waals surface area (Å²) in [6.45, 7) is 3.46. The Morgan fingerprint density at radius 1 is 1.20 bits per heavy atom. The molecule has 1 saturated heterocycles. The van der Waals surface area contributed by atoms with E-state index in [0.717, 1.165) is 34.9 Å². The van der Waals surface area contributed by atoms with Crippen molar-refractivity contribution in [2.24, 2.45) is 5.92 Å². The molecule has 2 fully saturated rings. The molecule has 1 N–H and O–H groups in total. The van der Waals surface area contributed by atoms with Crippen LogP contribution < -0.4 is 5.32 Å². The maximum Gasteiger partial charge on any atom is 0.238 e. The second-order valence-corrected chi connectivity index (χ2v) is 9.56. The third kappa shape index (κ3) is 3.46. The van der Waals surface area contributed by atoms with Crippen LogP contribution in [-0.4, -0.2) is 28.9 Å². The number of carbonyl (C=O) groups is 1. The van der Waals surface area contributed by atoms with E-state index in [1.807, 2.05) is 31.2 Å². The zero-order valence-corrected chi connectivity index (χ0v) is 18.1. The summed E-state index contributed by atoms with van der Waals surface area (Å²) in [4.78, 5) is 19.9. The SMILES string of the molecule is Cc1nc(-c2cccc(NC(=O)CN3CC4CCCCC43c3ccccc3)c2)cs1. The van der Waals surface area contributed by atoms with Gasteiger partial charge in [0, 0.05) is 23.2 Å². The highest BCUT2D eigenvalue weighted by molar-refractivity contribution is 7.09. The van der Waals surface area contributed by atoms with Gasteiger partial charge in [0.25, 0.3) is 0 Å². The molecule has 4 nitrogen and oxygen atoms in total. The van der Waals surface area contributed by atoms with E-state index in [9.17, 15) is 4.79 Å². The number of hydrogen-bond acceptors (Lipinski definition) is 4. The number of fused-ring (bicyclic) bond motifs is 1. The summed E-state index contributed by atoms with van der Waals surface area (Å²) in [7, 11) is 0. The van der Waals surface area contributed by atoms with Crippen molar-refractivity contribution in [3.63, 3.8) is 0 Å². The Morgan fingerprint density at radius 2 is 2.07 bits per heavy atom. The van der Waals surface area contributed by atoms with Gasteiger partial charge in [0.1, 0.15) is 0 Å². The van der Waals surface area contributed by atoms with Gasteiger partial charge in [-0.15, -0.1) is 11.3 Å². The first-order valence-electron chi connectivity index (χ1n) is 10.8. The fourth-order valence-electron chi connectivity index (χ4n) is 5.32. The number of aryl methyl sites for hydroxylation is 1. The van der Waals surface area contributed by atoms with Crippen molar-refractivity contribution in [1.29, 1.82) is 0 Å². The molecule has 5 heteroatoms. The van der Waals surface area contributed by atoms with Crippen LogP contribution in [-0.2, 0) is 10.3 Å². The van der Waals surface area contributed by atoms with E-state index in [-0.39, 0.29) is 11.4 Å². The predicted octanol–water partition coefficient (Wildman–Crippen LogP) is 5.46. The Kier molecular flexibility index (Phi) is 5.17. The van der Waals surface area contributed by atoms with Crippen molar-refractivity contribution in [2.45, 2.75) is 38.1 Å². The number of benzene rings is 2. The van der Waals surface area contributed by atoms with Crippen LogP contribution in [0.15, 0.2) is 60.0 Å². The van der Waals surface area contributed by atoms with Gasteiger partial charge in [-0.3, -0.25) is 9.69 Å². The van der Waals surface area contributed by atoms with Crippen molar-refractivity contribution < 1.29 is 4.79 Å². The zero-order chi connectivity index (χ0) is 20.6. The third-order valence-electron chi connectivity index (χ3n) is 6.71. The molecule has 1 saturated carbocycles. The van der Waals surface area contributed by atoms with E-state index in [4.69, 9.17) is 0 Å². The molecule has 1 aromatic heterocycles. The van der Waals surface area contributed by atoms with E-state index >= 15 is 0 Å². The molecule has 2 atom stereocenters. The lowest BCUT2D eigenvalue weighted by molar-refractivity contribution is -0.138. The molecule has 0 bridgehead atoms. The average molecular weight is 418 g/mol. The number of likely N-dealkylation sites (tertiary alicyclic amines) is 1. The van der Waals surface area contributed by atoms with E-state index < -0.39 is 0 Å². The summed E-state index contributed by atoms with van der Waals surface area (Å²) in [6, 6.07) is 18.8. The summed E-state index contributed by atoms with van der Waals surface area (Å²) in [5, 5.41) is 6.22. The number of amides is 1. The van der Waals surface area contributed by atoms with Gasteiger partial charge in [0.05, 0.1) is 22.8 Å².